The number of carboxylic acids is 1. The lowest BCUT2D eigenvalue weighted by Gasteiger charge is -2.26. The van der Waals surface area contributed by atoms with E-state index in [1.54, 1.807) is 6.07 Å². The number of carbonyl (C=O) groups is 1. The summed E-state index contributed by atoms with van der Waals surface area (Å²) in [5, 5.41) is 10.9. The van der Waals surface area contributed by atoms with Crippen LogP contribution in [0.25, 0.3) is 33.2 Å². The highest BCUT2D eigenvalue weighted by atomic mass is 16.5. The first kappa shape index (κ1) is 24.7. The SMILES string of the molecule is O=C(O)c1ccc2c(C3CCCCC3)c3n(c2c1)CCCn1c(=O)n(CCN2CCOCC2)c2cccc-3c21. The quantitative estimate of drug-likeness (QED) is 0.398. The van der Waals surface area contributed by atoms with Gasteiger partial charge in [0, 0.05) is 55.7 Å². The van der Waals surface area contributed by atoms with E-state index in [0.717, 1.165) is 80.8 Å². The number of nitrogens with zero attached hydrogens (tertiary/aromatic N) is 4. The molecular weight excluding hydrogens is 492 g/mol. The second kappa shape index (κ2) is 9.99. The number of aromatic carboxylic acids is 1. The van der Waals surface area contributed by atoms with Crippen LogP contribution in [0.1, 0.15) is 60.4 Å². The van der Waals surface area contributed by atoms with Gasteiger partial charge < -0.3 is 14.4 Å². The fraction of sp³-hybridized carbons (Fsp3) is 0.484. The molecule has 4 heterocycles. The average Bonchev–Trinajstić information content (AvgIpc) is 3.42. The lowest BCUT2D eigenvalue weighted by Crippen LogP contribution is -2.39. The van der Waals surface area contributed by atoms with E-state index in [1.807, 2.05) is 21.3 Å². The van der Waals surface area contributed by atoms with Gasteiger partial charge in [0.25, 0.3) is 0 Å². The minimum atomic E-state index is -0.897. The summed E-state index contributed by atoms with van der Waals surface area (Å²) in [6, 6.07) is 12.0. The van der Waals surface area contributed by atoms with Gasteiger partial charge in [0.1, 0.15) is 0 Å². The Bertz CT molecular complexity index is 1620. The fourth-order valence-electron chi connectivity index (χ4n) is 7.28. The number of rotatable bonds is 5. The van der Waals surface area contributed by atoms with Gasteiger partial charge in [-0.3, -0.25) is 14.0 Å². The van der Waals surface area contributed by atoms with Crippen molar-refractivity contribution in [2.75, 3.05) is 32.8 Å². The van der Waals surface area contributed by atoms with E-state index in [-0.39, 0.29) is 5.69 Å². The van der Waals surface area contributed by atoms with Crippen molar-refractivity contribution in [3.63, 3.8) is 0 Å². The van der Waals surface area contributed by atoms with E-state index in [0.29, 0.717) is 24.6 Å². The number of aryl methyl sites for hydroxylation is 2. The lowest BCUT2D eigenvalue weighted by atomic mass is 9.81. The molecule has 1 aliphatic carbocycles. The fourth-order valence-corrected chi connectivity index (χ4v) is 7.28. The Kier molecular flexibility index (Phi) is 6.32. The van der Waals surface area contributed by atoms with Crippen molar-refractivity contribution in [3.8, 4) is 11.3 Å². The molecule has 8 nitrogen and oxygen atoms in total. The first-order valence-corrected chi connectivity index (χ1v) is 14.5. The van der Waals surface area contributed by atoms with Gasteiger partial charge in [-0.25, -0.2) is 9.59 Å². The van der Waals surface area contributed by atoms with Crippen molar-refractivity contribution < 1.29 is 14.6 Å². The lowest BCUT2D eigenvalue weighted by molar-refractivity contribution is 0.0364. The predicted octanol–water partition coefficient (Wildman–Crippen LogP) is 4.91. The maximum Gasteiger partial charge on any atom is 0.335 e. The maximum absolute atomic E-state index is 13.8. The van der Waals surface area contributed by atoms with Gasteiger partial charge in [-0.05, 0) is 48.9 Å². The first-order valence-electron chi connectivity index (χ1n) is 14.5. The summed E-state index contributed by atoms with van der Waals surface area (Å²) in [6.45, 7) is 6.20. The highest BCUT2D eigenvalue weighted by Gasteiger charge is 2.30. The van der Waals surface area contributed by atoms with E-state index in [9.17, 15) is 14.7 Å². The van der Waals surface area contributed by atoms with Gasteiger partial charge in [0.2, 0.25) is 0 Å². The summed E-state index contributed by atoms with van der Waals surface area (Å²) in [5.74, 6) is -0.461. The molecule has 7 rings (SSSR count). The molecule has 39 heavy (non-hydrogen) atoms. The molecule has 3 aliphatic rings. The van der Waals surface area contributed by atoms with Gasteiger partial charge in [-0.1, -0.05) is 37.5 Å². The van der Waals surface area contributed by atoms with E-state index >= 15 is 0 Å². The van der Waals surface area contributed by atoms with Crippen LogP contribution in [0.5, 0.6) is 0 Å². The minimum absolute atomic E-state index is 0.0719. The first-order chi connectivity index (χ1) is 19.1. The van der Waals surface area contributed by atoms with Crippen molar-refractivity contribution in [2.24, 2.45) is 0 Å². The van der Waals surface area contributed by atoms with Crippen molar-refractivity contribution in [1.82, 2.24) is 18.6 Å². The Balaban J connectivity index is 1.45. The van der Waals surface area contributed by atoms with Gasteiger partial charge >= 0.3 is 11.7 Å². The third-order valence-electron chi connectivity index (χ3n) is 9.16. The summed E-state index contributed by atoms with van der Waals surface area (Å²) >= 11 is 0. The molecule has 2 aromatic heterocycles. The van der Waals surface area contributed by atoms with E-state index in [4.69, 9.17) is 4.74 Å². The minimum Gasteiger partial charge on any atom is -0.478 e. The Morgan fingerprint density at radius 2 is 1.69 bits per heavy atom. The van der Waals surface area contributed by atoms with Crippen LogP contribution in [-0.4, -0.2) is 62.5 Å². The molecule has 1 saturated heterocycles. The molecule has 0 radical (unpaired) electrons. The Labute approximate surface area is 227 Å². The zero-order valence-corrected chi connectivity index (χ0v) is 22.4. The summed E-state index contributed by atoms with van der Waals surface area (Å²) in [5.41, 5.74) is 7.04. The van der Waals surface area contributed by atoms with E-state index < -0.39 is 5.97 Å². The molecule has 0 atom stereocenters. The maximum atomic E-state index is 13.8. The van der Waals surface area contributed by atoms with Crippen LogP contribution in [0.4, 0.5) is 0 Å². The predicted molar refractivity (Wildman–Crippen MR) is 152 cm³/mol. The number of benzene rings is 2. The van der Waals surface area contributed by atoms with Gasteiger partial charge in [-0.15, -0.1) is 0 Å². The third-order valence-corrected chi connectivity index (χ3v) is 9.16. The largest absolute Gasteiger partial charge is 0.478 e. The number of hydrogen-bond donors (Lipinski definition) is 1. The number of morpholine rings is 1. The van der Waals surface area contributed by atoms with E-state index in [1.165, 1.54) is 35.9 Å². The van der Waals surface area contributed by atoms with Crippen LogP contribution in [0.15, 0.2) is 41.2 Å². The van der Waals surface area contributed by atoms with Crippen LogP contribution in [0.3, 0.4) is 0 Å². The molecular formula is C31H36N4O4. The molecule has 0 unspecified atom stereocenters. The normalized spacial score (nSPS) is 18.8. The molecule has 2 fully saturated rings. The average molecular weight is 529 g/mol. The number of ether oxygens (including phenoxy) is 1. The van der Waals surface area contributed by atoms with Gasteiger partial charge in [0.15, 0.2) is 0 Å². The molecule has 2 aliphatic heterocycles. The van der Waals surface area contributed by atoms with Crippen LogP contribution < -0.4 is 5.69 Å². The molecule has 204 valence electrons. The number of fused-ring (bicyclic) bond motifs is 4. The number of carboxylic acid groups (broad SMARTS) is 1. The molecule has 2 aromatic carbocycles. The number of para-hydroxylation sites is 1. The van der Waals surface area contributed by atoms with Gasteiger partial charge in [0.05, 0.1) is 35.5 Å². The Morgan fingerprint density at radius 1 is 0.897 bits per heavy atom. The molecule has 0 spiro atoms. The monoisotopic (exact) mass is 528 g/mol. The van der Waals surface area contributed by atoms with Crippen molar-refractivity contribution >= 4 is 27.9 Å². The smallest absolute Gasteiger partial charge is 0.335 e. The second-order valence-corrected chi connectivity index (χ2v) is 11.4. The molecule has 8 heteroatoms. The van der Waals surface area contributed by atoms with Crippen LogP contribution in [0.2, 0.25) is 0 Å². The van der Waals surface area contributed by atoms with Crippen LogP contribution in [-0.2, 0) is 24.4 Å². The van der Waals surface area contributed by atoms with E-state index in [2.05, 4.69) is 27.7 Å². The van der Waals surface area contributed by atoms with Crippen molar-refractivity contribution in [3.05, 3.63) is 58.0 Å². The molecule has 0 bridgehead atoms. The summed E-state index contributed by atoms with van der Waals surface area (Å²) in [6.07, 6.45) is 6.82. The summed E-state index contributed by atoms with van der Waals surface area (Å²) in [7, 11) is 0. The highest BCUT2D eigenvalue weighted by Crippen LogP contribution is 2.46. The summed E-state index contributed by atoms with van der Waals surface area (Å²) < 4.78 is 11.8. The molecule has 0 amide bonds. The van der Waals surface area contributed by atoms with Gasteiger partial charge in [-0.2, -0.15) is 0 Å². The Morgan fingerprint density at radius 3 is 2.49 bits per heavy atom. The third kappa shape index (κ3) is 4.12. The number of hydrogen-bond acceptors (Lipinski definition) is 4. The van der Waals surface area contributed by atoms with Crippen molar-refractivity contribution in [1.29, 1.82) is 0 Å². The Hall–Kier alpha value is -3.36. The zero-order chi connectivity index (χ0) is 26.5. The van der Waals surface area contributed by atoms with Crippen molar-refractivity contribution in [2.45, 2.75) is 64.1 Å². The second-order valence-electron chi connectivity index (χ2n) is 11.4. The van der Waals surface area contributed by atoms with Crippen LogP contribution >= 0.6 is 0 Å². The topological polar surface area (TPSA) is 81.6 Å². The zero-order valence-electron chi connectivity index (χ0n) is 22.4. The molecule has 1 saturated carbocycles. The van der Waals surface area contributed by atoms with Crippen LogP contribution in [0, 0.1) is 0 Å². The number of aromatic nitrogens is 3. The number of imidazole rings is 1. The standard InChI is InChI=1S/C31H36N4O4/c36-30(37)22-10-11-23-26(20-22)33-12-5-13-35-28-24(29(33)27(23)21-6-2-1-3-7-21)8-4-9-25(28)34(31(35)38)15-14-32-16-18-39-19-17-32/h4,8-11,20-21H,1-3,5-7,12-19H2,(H,36,37). The molecule has 4 aromatic rings. The molecule has 1 N–H and O–H groups in total. The summed E-state index contributed by atoms with van der Waals surface area (Å²) in [4.78, 5) is 28.1. The highest BCUT2D eigenvalue weighted by molar-refractivity contribution is 6.02.